The third kappa shape index (κ3) is 2.26. The molecule has 1 heterocycles. The van der Waals surface area contributed by atoms with E-state index in [1.54, 1.807) is 12.1 Å². The van der Waals surface area contributed by atoms with Crippen molar-refractivity contribution >= 4 is 23.0 Å². The lowest BCUT2D eigenvalue weighted by Gasteiger charge is -2.38. The van der Waals surface area contributed by atoms with Crippen molar-refractivity contribution in [1.29, 1.82) is 0 Å². The van der Waals surface area contributed by atoms with E-state index in [4.69, 9.17) is 12.2 Å². The first-order chi connectivity index (χ1) is 7.91. The van der Waals surface area contributed by atoms with Crippen LogP contribution in [0.15, 0.2) is 36.0 Å². The Kier molecular flexibility index (Phi) is 2.83. The van der Waals surface area contributed by atoms with Crippen LogP contribution in [0.5, 0.6) is 5.75 Å². The second-order valence-corrected chi connectivity index (χ2v) is 5.15. The SMILES string of the molecule is CC1=CC(C)(C)NC(=S)N1c1ccccc1O. The molecule has 0 unspecified atom stereocenters. The van der Waals surface area contributed by atoms with Crippen molar-refractivity contribution in [1.82, 2.24) is 5.32 Å². The van der Waals surface area contributed by atoms with Crippen molar-refractivity contribution in [2.24, 2.45) is 0 Å². The third-order valence-corrected chi connectivity index (χ3v) is 2.96. The highest BCUT2D eigenvalue weighted by Crippen LogP contribution is 2.32. The van der Waals surface area contributed by atoms with Crippen molar-refractivity contribution in [3.63, 3.8) is 0 Å². The molecule has 0 atom stereocenters. The maximum Gasteiger partial charge on any atom is 0.178 e. The van der Waals surface area contributed by atoms with Gasteiger partial charge in [0.05, 0.1) is 11.2 Å². The minimum atomic E-state index is -0.151. The summed E-state index contributed by atoms with van der Waals surface area (Å²) in [6.45, 7) is 6.11. The Morgan fingerprint density at radius 1 is 1.29 bits per heavy atom. The fourth-order valence-corrected chi connectivity index (χ4v) is 2.57. The van der Waals surface area contributed by atoms with Gasteiger partial charge in [-0.1, -0.05) is 12.1 Å². The Bertz CT molecular complexity index is 494. The van der Waals surface area contributed by atoms with Crippen molar-refractivity contribution in [3.05, 3.63) is 36.0 Å². The highest BCUT2D eigenvalue weighted by molar-refractivity contribution is 7.80. The third-order valence-electron chi connectivity index (χ3n) is 2.68. The summed E-state index contributed by atoms with van der Waals surface area (Å²) >= 11 is 5.36. The Morgan fingerprint density at radius 2 is 1.94 bits per heavy atom. The van der Waals surface area contributed by atoms with Crippen LogP contribution in [0.25, 0.3) is 0 Å². The van der Waals surface area contributed by atoms with E-state index in [1.807, 2.05) is 24.0 Å². The van der Waals surface area contributed by atoms with Crippen LogP contribution >= 0.6 is 12.2 Å². The summed E-state index contributed by atoms with van der Waals surface area (Å²) in [4.78, 5) is 1.84. The number of phenolic OH excluding ortho intramolecular Hbond substituents is 1. The molecule has 0 aromatic heterocycles. The van der Waals surface area contributed by atoms with E-state index >= 15 is 0 Å². The van der Waals surface area contributed by atoms with E-state index in [9.17, 15) is 5.11 Å². The van der Waals surface area contributed by atoms with Crippen LogP contribution < -0.4 is 10.2 Å². The molecule has 0 bridgehead atoms. The quantitative estimate of drug-likeness (QED) is 0.749. The topological polar surface area (TPSA) is 35.5 Å². The summed E-state index contributed by atoms with van der Waals surface area (Å²) in [5.74, 6) is 0.226. The molecule has 1 aromatic rings. The van der Waals surface area contributed by atoms with Crippen LogP contribution in [0, 0.1) is 0 Å². The highest BCUT2D eigenvalue weighted by Gasteiger charge is 2.28. The fraction of sp³-hybridized carbons (Fsp3) is 0.308. The van der Waals surface area contributed by atoms with E-state index in [1.165, 1.54) is 0 Å². The standard InChI is InChI=1S/C13H16N2OS/c1-9-8-13(2,3)14-12(17)15(9)10-6-4-5-7-11(10)16/h4-8,16H,1-3H3,(H,14,17). The Morgan fingerprint density at radius 3 is 2.53 bits per heavy atom. The van der Waals surface area contributed by atoms with E-state index in [0.29, 0.717) is 10.8 Å². The van der Waals surface area contributed by atoms with Gasteiger partial charge in [-0.2, -0.15) is 0 Å². The largest absolute Gasteiger partial charge is 0.506 e. The van der Waals surface area contributed by atoms with Gasteiger partial charge in [0.15, 0.2) is 5.11 Å². The molecule has 1 aromatic carbocycles. The second-order valence-electron chi connectivity index (χ2n) is 4.76. The highest BCUT2D eigenvalue weighted by atomic mass is 32.1. The van der Waals surface area contributed by atoms with Gasteiger partial charge in [0.1, 0.15) is 5.75 Å². The lowest BCUT2D eigenvalue weighted by Crippen LogP contribution is -2.53. The van der Waals surface area contributed by atoms with E-state index in [2.05, 4.69) is 25.2 Å². The number of thiocarbonyl (C=S) groups is 1. The fourth-order valence-electron chi connectivity index (χ4n) is 2.07. The smallest absolute Gasteiger partial charge is 0.178 e. The molecule has 1 aliphatic heterocycles. The lowest BCUT2D eigenvalue weighted by atomic mass is 10.0. The molecular weight excluding hydrogens is 232 g/mol. The van der Waals surface area contributed by atoms with Crippen molar-refractivity contribution < 1.29 is 5.11 Å². The number of nitrogens with zero attached hydrogens (tertiary/aromatic N) is 1. The Hall–Kier alpha value is -1.55. The summed E-state index contributed by atoms with van der Waals surface area (Å²) in [5.41, 5.74) is 1.57. The van der Waals surface area contributed by atoms with Crippen molar-refractivity contribution in [3.8, 4) is 5.75 Å². The predicted octanol–water partition coefficient (Wildman–Crippen LogP) is 2.77. The molecule has 4 heteroatoms. The average molecular weight is 248 g/mol. The minimum Gasteiger partial charge on any atom is -0.506 e. The second kappa shape index (κ2) is 4.04. The van der Waals surface area contributed by atoms with Crippen LogP contribution in [0.4, 0.5) is 5.69 Å². The number of hydrogen-bond acceptors (Lipinski definition) is 2. The number of anilines is 1. The molecule has 17 heavy (non-hydrogen) atoms. The molecule has 0 saturated carbocycles. The Labute approximate surface area is 107 Å². The summed E-state index contributed by atoms with van der Waals surface area (Å²) in [7, 11) is 0. The molecule has 90 valence electrons. The molecule has 2 N–H and O–H groups in total. The van der Waals surface area contributed by atoms with E-state index in [0.717, 1.165) is 5.70 Å². The molecule has 0 saturated heterocycles. The molecule has 0 amide bonds. The summed E-state index contributed by atoms with van der Waals surface area (Å²) in [6, 6.07) is 7.18. The number of para-hydroxylation sites is 2. The number of benzene rings is 1. The molecule has 3 nitrogen and oxygen atoms in total. The maximum atomic E-state index is 9.87. The normalized spacial score (nSPS) is 18.6. The van der Waals surface area contributed by atoms with E-state index < -0.39 is 0 Å². The number of hydrogen-bond donors (Lipinski definition) is 2. The number of allylic oxidation sites excluding steroid dienone is 1. The number of rotatable bonds is 1. The van der Waals surface area contributed by atoms with Gasteiger partial charge in [0.2, 0.25) is 0 Å². The average Bonchev–Trinajstić information content (AvgIpc) is 2.17. The van der Waals surface area contributed by atoms with Gasteiger partial charge >= 0.3 is 0 Å². The number of phenols is 1. The van der Waals surface area contributed by atoms with Gasteiger partial charge in [-0.25, -0.2) is 0 Å². The van der Waals surface area contributed by atoms with Crippen molar-refractivity contribution in [2.45, 2.75) is 26.3 Å². The zero-order valence-corrected chi connectivity index (χ0v) is 11.0. The van der Waals surface area contributed by atoms with Crippen LogP contribution in [-0.4, -0.2) is 15.8 Å². The number of nitrogens with one attached hydrogen (secondary N) is 1. The number of aromatic hydroxyl groups is 1. The zero-order chi connectivity index (χ0) is 12.6. The monoisotopic (exact) mass is 248 g/mol. The molecule has 0 radical (unpaired) electrons. The first kappa shape index (κ1) is 11.9. The summed E-state index contributed by atoms with van der Waals surface area (Å²) in [5, 5.41) is 13.7. The molecule has 1 aliphatic rings. The van der Waals surface area contributed by atoms with Gasteiger partial charge in [-0.05, 0) is 51.2 Å². The van der Waals surface area contributed by atoms with Crippen LogP contribution in [-0.2, 0) is 0 Å². The summed E-state index contributed by atoms with van der Waals surface area (Å²) in [6.07, 6.45) is 2.09. The molecular formula is C13H16N2OS. The van der Waals surface area contributed by atoms with Gasteiger partial charge in [0.25, 0.3) is 0 Å². The van der Waals surface area contributed by atoms with Crippen LogP contribution in [0.2, 0.25) is 0 Å². The molecule has 0 fully saturated rings. The van der Waals surface area contributed by atoms with Gasteiger partial charge in [-0.3, -0.25) is 4.90 Å². The predicted molar refractivity (Wildman–Crippen MR) is 74.2 cm³/mol. The first-order valence-electron chi connectivity index (χ1n) is 5.50. The van der Waals surface area contributed by atoms with Gasteiger partial charge in [-0.15, -0.1) is 0 Å². The Balaban J connectivity index is 2.47. The van der Waals surface area contributed by atoms with Gasteiger partial charge in [0, 0.05) is 5.70 Å². The maximum absolute atomic E-state index is 9.87. The first-order valence-corrected chi connectivity index (χ1v) is 5.91. The minimum absolute atomic E-state index is 0.151. The van der Waals surface area contributed by atoms with Crippen molar-refractivity contribution in [2.75, 3.05) is 4.90 Å². The lowest BCUT2D eigenvalue weighted by molar-refractivity contribution is 0.475. The molecule has 0 spiro atoms. The van der Waals surface area contributed by atoms with Crippen LogP contribution in [0.1, 0.15) is 20.8 Å². The van der Waals surface area contributed by atoms with Gasteiger partial charge < -0.3 is 10.4 Å². The van der Waals surface area contributed by atoms with Crippen LogP contribution in [0.3, 0.4) is 0 Å². The zero-order valence-electron chi connectivity index (χ0n) is 10.2. The summed E-state index contributed by atoms with van der Waals surface area (Å²) < 4.78 is 0. The molecule has 0 aliphatic carbocycles. The molecule has 2 rings (SSSR count). The van der Waals surface area contributed by atoms with E-state index in [-0.39, 0.29) is 11.3 Å².